The van der Waals surface area contributed by atoms with Gasteiger partial charge >= 0.3 is 0 Å². The molecule has 0 saturated carbocycles. The van der Waals surface area contributed by atoms with E-state index in [9.17, 15) is 4.79 Å². The molecule has 0 aliphatic heterocycles. The summed E-state index contributed by atoms with van der Waals surface area (Å²) in [7, 11) is 1.75. The van der Waals surface area contributed by atoms with Gasteiger partial charge < -0.3 is 10.6 Å². The molecular weight excluding hydrogens is 232 g/mol. The molecule has 0 radical (unpaired) electrons. The van der Waals surface area contributed by atoms with Crippen LogP contribution in [-0.4, -0.2) is 41.2 Å². The second-order valence-corrected chi connectivity index (χ2v) is 4.88. The van der Waals surface area contributed by atoms with Crippen LogP contribution in [0.25, 0.3) is 0 Å². The van der Waals surface area contributed by atoms with Gasteiger partial charge in [0.05, 0.1) is 0 Å². The minimum Gasteiger partial charge on any atom is -0.363 e. The molecular formula is C8H14N4OS2. The molecule has 15 heavy (non-hydrogen) atoms. The molecule has 0 aromatic carbocycles. The van der Waals surface area contributed by atoms with Crippen molar-refractivity contribution in [2.75, 3.05) is 24.4 Å². The Morgan fingerprint density at radius 1 is 1.60 bits per heavy atom. The lowest BCUT2D eigenvalue weighted by Crippen LogP contribution is -2.34. The average Bonchev–Trinajstić information content (AvgIpc) is 2.66. The van der Waals surface area contributed by atoms with Gasteiger partial charge in [0, 0.05) is 18.8 Å². The van der Waals surface area contributed by atoms with E-state index in [1.807, 2.05) is 13.2 Å². The summed E-state index contributed by atoms with van der Waals surface area (Å²) < 4.78 is 0. The lowest BCUT2D eigenvalue weighted by molar-refractivity contribution is 0.0942. The molecule has 0 fully saturated rings. The zero-order valence-corrected chi connectivity index (χ0v) is 10.5. The number of nitrogens with zero attached hydrogens (tertiary/aromatic N) is 2. The maximum atomic E-state index is 11.6. The van der Waals surface area contributed by atoms with Crippen molar-refractivity contribution in [2.24, 2.45) is 0 Å². The van der Waals surface area contributed by atoms with Crippen LogP contribution in [0.4, 0.5) is 5.13 Å². The Morgan fingerprint density at radius 3 is 2.87 bits per heavy atom. The van der Waals surface area contributed by atoms with Gasteiger partial charge in [0.1, 0.15) is 0 Å². The summed E-state index contributed by atoms with van der Waals surface area (Å²) in [5.41, 5.74) is 0. The van der Waals surface area contributed by atoms with E-state index in [0.29, 0.717) is 10.1 Å². The molecule has 0 bridgehead atoms. The van der Waals surface area contributed by atoms with Crippen molar-refractivity contribution in [3.8, 4) is 0 Å². The number of aromatic nitrogens is 2. The van der Waals surface area contributed by atoms with Crippen LogP contribution in [-0.2, 0) is 0 Å². The number of hydrogen-bond donors (Lipinski definition) is 2. The molecule has 7 heteroatoms. The van der Waals surface area contributed by atoms with Crippen molar-refractivity contribution in [1.82, 2.24) is 15.5 Å². The lowest BCUT2D eigenvalue weighted by atomic mass is 10.4. The molecule has 2 N–H and O–H groups in total. The fraction of sp³-hybridized carbons (Fsp3) is 0.625. The highest BCUT2D eigenvalue weighted by Gasteiger charge is 2.14. The van der Waals surface area contributed by atoms with Crippen LogP contribution in [0.5, 0.6) is 0 Å². The number of anilines is 1. The third-order valence-electron chi connectivity index (χ3n) is 1.63. The number of carbonyl (C=O) groups is 1. The van der Waals surface area contributed by atoms with Gasteiger partial charge in [-0.15, -0.1) is 10.2 Å². The number of carbonyl (C=O) groups excluding carboxylic acids is 1. The van der Waals surface area contributed by atoms with Crippen LogP contribution in [0.2, 0.25) is 0 Å². The highest BCUT2D eigenvalue weighted by atomic mass is 32.2. The van der Waals surface area contributed by atoms with Crippen molar-refractivity contribution in [1.29, 1.82) is 0 Å². The van der Waals surface area contributed by atoms with Crippen molar-refractivity contribution in [3.05, 3.63) is 5.01 Å². The Labute approximate surface area is 97.1 Å². The minimum absolute atomic E-state index is 0.148. The molecule has 1 aromatic heterocycles. The summed E-state index contributed by atoms with van der Waals surface area (Å²) in [5, 5.41) is 14.3. The van der Waals surface area contributed by atoms with Crippen molar-refractivity contribution < 1.29 is 4.79 Å². The predicted molar refractivity (Wildman–Crippen MR) is 64.8 cm³/mol. The van der Waals surface area contributed by atoms with E-state index in [2.05, 4.69) is 20.8 Å². The number of rotatable bonds is 5. The first-order valence-corrected chi connectivity index (χ1v) is 6.69. The second kappa shape index (κ2) is 5.92. The summed E-state index contributed by atoms with van der Waals surface area (Å²) in [4.78, 5) is 11.6. The Kier molecular flexibility index (Phi) is 4.83. The molecule has 1 rings (SSSR count). The third kappa shape index (κ3) is 3.67. The largest absolute Gasteiger partial charge is 0.363 e. The molecule has 0 aliphatic carbocycles. The maximum Gasteiger partial charge on any atom is 0.282 e. The van der Waals surface area contributed by atoms with Gasteiger partial charge in [0.15, 0.2) is 0 Å². The van der Waals surface area contributed by atoms with Crippen molar-refractivity contribution >= 4 is 34.1 Å². The van der Waals surface area contributed by atoms with Crippen molar-refractivity contribution in [2.45, 2.75) is 13.0 Å². The number of hydrogen-bond acceptors (Lipinski definition) is 6. The fourth-order valence-corrected chi connectivity index (χ4v) is 2.18. The lowest BCUT2D eigenvalue weighted by Gasteiger charge is -2.10. The molecule has 0 aliphatic rings. The SMILES string of the molecule is CNc1nnc(C(=O)NC(C)CSC)s1. The summed E-state index contributed by atoms with van der Waals surface area (Å²) in [5.74, 6) is 0.735. The fourth-order valence-electron chi connectivity index (χ4n) is 0.993. The normalized spacial score (nSPS) is 12.2. The van der Waals surface area contributed by atoms with E-state index in [4.69, 9.17) is 0 Å². The van der Waals surface area contributed by atoms with Crippen LogP contribution < -0.4 is 10.6 Å². The summed E-state index contributed by atoms with van der Waals surface area (Å²) in [6.45, 7) is 1.97. The molecule has 1 heterocycles. The molecule has 1 unspecified atom stereocenters. The zero-order chi connectivity index (χ0) is 11.3. The maximum absolute atomic E-state index is 11.6. The number of nitrogens with one attached hydrogen (secondary N) is 2. The van der Waals surface area contributed by atoms with E-state index in [0.717, 1.165) is 5.75 Å². The van der Waals surface area contributed by atoms with E-state index < -0.39 is 0 Å². The highest BCUT2D eigenvalue weighted by Crippen LogP contribution is 2.14. The van der Waals surface area contributed by atoms with Crippen LogP contribution in [0.1, 0.15) is 16.7 Å². The third-order valence-corrected chi connectivity index (χ3v) is 3.40. The number of thioether (sulfide) groups is 1. The highest BCUT2D eigenvalue weighted by molar-refractivity contribution is 7.98. The Morgan fingerprint density at radius 2 is 2.33 bits per heavy atom. The van der Waals surface area contributed by atoms with Gasteiger partial charge in [-0.2, -0.15) is 11.8 Å². The minimum atomic E-state index is -0.157. The Balaban J connectivity index is 2.53. The molecule has 1 aromatic rings. The van der Waals surface area contributed by atoms with Crippen molar-refractivity contribution in [3.63, 3.8) is 0 Å². The van der Waals surface area contributed by atoms with Gasteiger partial charge in [-0.3, -0.25) is 4.79 Å². The monoisotopic (exact) mass is 246 g/mol. The van der Waals surface area contributed by atoms with Gasteiger partial charge in [-0.25, -0.2) is 0 Å². The standard InChI is InChI=1S/C8H14N4OS2/c1-5(4-14-3)10-6(13)7-11-12-8(9-2)15-7/h5H,4H2,1-3H3,(H,9,12)(H,10,13). The molecule has 5 nitrogen and oxygen atoms in total. The topological polar surface area (TPSA) is 66.9 Å². The predicted octanol–water partition coefficient (Wildman–Crippen LogP) is 1.06. The Hall–Kier alpha value is -0.820. The van der Waals surface area contributed by atoms with E-state index in [1.165, 1.54) is 11.3 Å². The molecule has 84 valence electrons. The molecule has 1 atom stereocenters. The van der Waals surface area contributed by atoms with Gasteiger partial charge in [-0.05, 0) is 13.2 Å². The van der Waals surface area contributed by atoms with E-state index in [-0.39, 0.29) is 11.9 Å². The van der Waals surface area contributed by atoms with E-state index >= 15 is 0 Å². The summed E-state index contributed by atoms with van der Waals surface area (Å²) >= 11 is 2.95. The van der Waals surface area contributed by atoms with Gasteiger partial charge in [-0.1, -0.05) is 11.3 Å². The van der Waals surface area contributed by atoms with Crippen LogP contribution in [0.3, 0.4) is 0 Å². The quantitative estimate of drug-likeness (QED) is 0.813. The van der Waals surface area contributed by atoms with Crippen LogP contribution in [0, 0.1) is 0 Å². The first-order valence-electron chi connectivity index (χ1n) is 4.48. The summed E-state index contributed by atoms with van der Waals surface area (Å²) in [6.07, 6.45) is 2.01. The zero-order valence-electron chi connectivity index (χ0n) is 8.90. The average molecular weight is 246 g/mol. The second-order valence-electron chi connectivity index (χ2n) is 2.99. The first kappa shape index (κ1) is 12.3. The molecule has 0 saturated heterocycles. The van der Waals surface area contributed by atoms with Crippen LogP contribution in [0.15, 0.2) is 0 Å². The van der Waals surface area contributed by atoms with E-state index in [1.54, 1.807) is 18.8 Å². The van der Waals surface area contributed by atoms with Crippen LogP contribution >= 0.6 is 23.1 Å². The Bertz CT molecular complexity index is 328. The van der Waals surface area contributed by atoms with Gasteiger partial charge in [0.25, 0.3) is 5.91 Å². The first-order chi connectivity index (χ1) is 7.17. The smallest absolute Gasteiger partial charge is 0.282 e. The molecule has 1 amide bonds. The number of amides is 1. The summed E-state index contributed by atoms with van der Waals surface area (Å²) in [6, 6.07) is 0.148. The molecule has 0 spiro atoms. The van der Waals surface area contributed by atoms with Gasteiger partial charge in [0.2, 0.25) is 10.1 Å².